The van der Waals surface area contributed by atoms with Crippen molar-refractivity contribution in [3.05, 3.63) is 59.6 Å². The summed E-state index contributed by atoms with van der Waals surface area (Å²) in [5.41, 5.74) is -0.918. The van der Waals surface area contributed by atoms with Crippen molar-refractivity contribution in [1.82, 2.24) is 9.80 Å². The zero-order valence-electron chi connectivity index (χ0n) is 19.3. The third-order valence-corrected chi connectivity index (χ3v) is 6.46. The van der Waals surface area contributed by atoms with Gasteiger partial charge in [0.25, 0.3) is 5.91 Å². The summed E-state index contributed by atoms with van der Waals surface area (Å²) in [5.74, 6) is 1.16. The first-order chi connectivity index (χ1) is 16.5. The number of nitrogens with zero attached hydrogens (tertiary/aromatic N) is 2. The van der Waals surface area contributed by atoms with Gasteiger partial charge in [-0.25, -0.2) is 0 Å². The highest BCUT2D eigenvalue weighted by atomic mass is 35.5. The Bertz CT molecular complexity index is 949. The topological polar surface area (TPSA) is 68.3 Å². The van der Waals surface area contributed by atoms with Gasteiger partial charge < -0.3 is 24.0 Å². The molecule has 8 heteroatoms. The molecule has 7 nitrogen and oxygen atoms in total. The maximum Gasteiger partial charge on any atom is 0.260 e. The molecule has 2 fully saturated rings. The number of morpholine rings is 1. The van der Waals surface area contributed by atoms with E-state index >= 15 is 0 Å². The van der Waals surface area contributed by atoms with Crippen molar-refractivity contribution >= 4 is 23.4 Å². The van der Waals surface area contributed by atoms with Crippen LogP contribution in [0.3, 0.4) is 0 Å². The maximum atomic E-state index is 13.1. The molecule has 2 aliphatic heterocycles. The molecule has 2 aromatic carbocycles. The maximum absolute atomic E-state index is 13.1. The number of carbonyl (C=O) groups is 2. The molecule has 182 valence electrons. The molecule has 2 heterocycles. The fraction of sp³-hybridized carbons (Fsp3) is 0.462. The number of para-hydroxylation sites is 1. The lowest BCUT2D eigenvalue weighted by molar-refractivity contribution is -0.167. The zero-order valence-corrected chi connectivity index (χ0v) is 20.0. The van der Waals surface area contributed by atoms with Crippen molar-refractivity contribution in [3.63, 3.8) is 0 Å². The van der Waals surface area contributed by atoms with Crippen molar-refractivity contribution in [2.45, 2.75) is 31.3 Å². The van der Waals surface area contributed by atoms with Gasteiger partial charge in [-0.2, -0.15) is 0 Å². The summed E-state index contributed by atoms with van der Waals surface area (Å²) in [7, 11) is 0. The number of halogens is 1. The van der Waals surface area contributed by atoms with E-state index in [1.54, 1.807) is 29.2 Å². The average Bonchev–Trinajstić information content (AvgIpc) is 2.88. The fourth-order valence-electron chi connectivity index (χ4n) is 4.33. The van der Waals surface area contributed by atoms with E-state index in [4.69, 9.17) is 25.8 Å². The third-order valence-electron chi connectivity index (χ3n) is 6.20. The van der Waals surface area contributed by atoms with E-state index in [-0.39, 0.29) is 38.0 Å². The molecule has 0 spiro atoms. The first kappa shape index (κ1) is 24.4. The number of rotatable bonds is 8. The summed E-state index contributed by atoms with van der Waals surface area (Å²) in [6, 6.07) is 16.3. The minimum absolute atomic E-state index is 0.0445. The Kier molecular flexibility index (Phi) is 8.29. The van der Waals surface area contributed by atoms with E-state index < -0.39 is 5.60 Å². The minimum Gasteiger partial charge on any atom is -0.490 e. The molecule has 0 radical (unpaired) electrons. The second-order valence-corrected chi connectivity index (χ2v) is 9.25. The highest BCUT2D eigenvalue weighted by Gasteiger charge is 2.42. The summed E-state index contributed by atoms with van der Waals surface area (Å²) < 4.78 is 17.9. The predicted molar refractivity (Wildman–Crippen MR) is 129 cm³/mol. The SMILES string of the molecule is O=C(CC1(COc2ccccc2)CN(C(=O)COc2ccc(Cl)cc2)CCO1)N1CCCCC1. The van der Waals surface area contributed by atoms with Crippen LogP contribution in [0.2, 0.25) is 5.02 Å². The van der Waals surface area contributed by atoms with Gasteiger partial charge in [0, 0.05) is 24.7 Å². The molecule has 0 saturated carbocycles. The molecule has 34 heavy (non-hydrogen) atoms. The summed E-state index contributed by atoms with van der Waals surface area (Å²) in [5, 5.41) is 0.605. The fourth-order valence-corrected chi connectivity index (χ4v) is 4.46. The van der Waals surface area contributed by atoms with Crippen molar-refractivity contribution in [2.75, 3.05) is 46.0 Å². The van der Waals surface area contributed by atoms with Gasteiger partial charge in [0.1, 0.15) is 23.7 Å². The van der Waals surface area contributed by atoms with Gasteiger partial charge in [0.15, 0.2) is 6.61 Å². The van der Waals surface area contributed by atoms with Crippen LogP contribution in [-0.4, -0.2) is 73.2 Å². The number of likely N-dealkylation sites (tertiary alicyclic amines) is 1. The normalized spacial score (nSPS) is 20.6. The van der Waals surface area contributed by atoms with Crippen LogP contribution in [0.5, 0.6) is 11.5 Å². The van der Waals surface area contributed by atoms with Crippen LogP contribution in [-0.2, 0) is 14.3 Å². The summed E-state index contributed by atoms with van der Waals surface area (Å²) in [4.78, 5) is 29.7. The highest BCUT2D eigenvalue weighted by molar-refractivity contribution is 6.30. The standard InChI is InChI=1S/C26H31ClN2O5/c27-21-9-11-23(12-10-21)32-18-25(31)29-15-16-34-26(19-29,20-33-22-7-3-1-4-8-22)17-24(30)28-13-5-2-6-14-28/h1,3-4,7-12H,2,5-6,13-20H2. The Labute approximate surface area is 205 Å². The Balaban J connectivity index is 1.43. The van der Waals surface area contributed by atoms with Gasteiger partial charge >= 0.3 is 0 Å². The summed E-state index contributed by atoms with van der Waals surface area (Å²) in [6.45, 7) is 2.65. The lowest BCUT2D eigenvalue weighted by Crippen LogP contribution is -2.59. The van der Waals surface area contributed by atoms with Gasteiger partial charge in [-0.15, -0.1) is 0 Å². The molecule has 0 aliphatic carbocycles. The second kappa shape index (κ2) is 11.6. The number of benzene rings is 2. The third kappa shape index (κ3) is 6.64. The summed E-state index contributed by atoms with van der Waals surface area (Å²) >= 11 is 5.91. The molecule has 1 unspecified atom stereocenters. The largest absolute Gasteiger partial charge is 0.490 e. The number of piperidine rings is 1. The van der Waals surface area contributed by atoms with E-state index in [1.807, 2.05) is 35.2 Å². The van der Waals surface area contributed by atoms with Crippen molar-refractivity contribution in [2.24, 2.45) is 0 Å². The number of amides is 2. The van der Waals surface area contributed by atoms with Crippen LogP contribution in [0.4, 0.5) is 0 Å². The van der Waals surface area contributed by atoms with Crippen LogP contribution >= 0.6 is 11.6 Å². The van der Waals surface area contributed by atoms with Crippen LogP contribution in [0.1, 0.15) is 25.7 Å². The molecule has 1 atom stereocenters. The van der Waals surface area contributed by atoms with Gasteiger partial charge in [0.2, 0.25) is 5.91 Å². The molecule has 2 saturated heterocycles. The molecule has 2 aliphatic rings. The minimum atomic E-state index is -0.918. The smallest absolute Gasteiger partial charge is 0.260 e. The monoisotopic (exact) mass is 486 g/mol. The quantitative estimate of drug-likeness (QED) is 0.567. The Morgan fingerprint density at radius 3 is 2.29 bits per heavy atom. The molecular weight excluding hydrogens is 456 g/mol. The Hall–Kier alpha value is -2.77. The lowest BCUT2D eigenvalue weighted by atomic mass is 9.96. The van der Waals surface area contributed by atoms with E-state index in [0.29, 0.717) is 29.7 Å². The van der Waals surface area contributed by atoms with Gasteiger partial charge in [-0.3, -0.25) is 9.59 Å². The number of hydrogen-bond acceptors (Lipinski definition) is 5. The van der Waals surface area contributed by atoms with Crippen LogP contribution in [0, 0.1) is 0 Å². The molecule has 0 N–H and O–H groups in total. The van der Waals surface area contributed by atoms with Crippen LogP contribution in [0.15, 0.2) is 54.6 Å². The van der Waals surface area contributed by atoms with Gasteiger partial charge in [0.05, 0.1) is 19.6 Å². The Morgan fingerprint density at radius 2 is 1.56 bits per heavy atom. The lowest BCUT2D eigenvalue weighted by Gasteiger charge is -2.43. The summed E-state index contributed by atoms with van der Waals surface area (Å²) in [6.07, 6.45) is 3.36. The number of ether oxygens (including phenoxy) is 3. The molecule has 2 amide bonds. The van der Waals surface area contributed by atoms with Gasteiger partial charge in [-0.1, -0.05) is 29.8 Å². The first-order valence-electron chi connectivity index (χ1n) is 11.8. The van der Waals surface area contributed by atoms with Crippen molar-refractivity contribution in [1.29, 1.82) is 0 Å². The molecule has 4 rings (SSSR count). The van der Waals surface area contributed by atoms with Gasteiger partial charge in [-0.05, 0) is 55.7 Å². The van der Waals surface area contributed by atoms with Crippen LogP contribution in [0.25, 0.3) is 0 Å². The van der Waals surface area contributed by atoms with E-state index in [0.717, 1.165) is 32.4 Å². The Morgan fingerprint density at radius 1 is 0.853 bits per heavy atom. The van der Waals surface area contributed by atoms with Crippen LogP contribution < -0.4 is 9.47 Å². The first-order valence-corrected chi connectivity index (χ1v) is 12.2. The predicted octanol–water partition coefficient (Wildman–Crippen LogP) is 3.80. The second-order valence-electron chi connectivity index (χ2n) is 8.81. The van der Waals surface area contributed by atoms with E-state index in [2.05, 4.69) is 0 Å². The van der Waals surface area contributed by atoms with Crippen molar-refractivity contribution in [3.8, 4) is 11.5 Å². The van der Waals surface area contributed by atoms with E-state index in [9.17, 15) is 9.59 Å². The van der Waals surface area contributed by atoms with E-state index in [1.165, 1.54) is 0 Å². The van der Waals surface area contributed by atoms with Crippen molar-refractivity contribution < 1.29 is 23.8 Å². The molecule has 0 bridgehead atoms. The average molecular weight is 487 g/mol. The highest BCUT2D eigenvalue weighted by Crippen LogP contribution is 2.26. The number of hydrogen-bond donors (Lipinski definition) is 0. The number of carbonyl (C=O) groups excluding carboxylic acids is 2. The molecule has 2 aromatic rings. The molecular formula is C26H31ClN2O5. The molecule has 0 aromatic heterocycles. The zero-order chi connectivity index (χ0) is 23.8.